The van der Waals surface area contributed by atoms with Gasteiger partial charge in [0.15, 0.2) is 0 Å². The van der Waals surface area contributed by atoms with Gasteiger partial charge in [-0.05, 0) is 37.3 Å². The van der Waals surface area contributed by atoms with Gasteiger partial charge in [0, 0.05) is 4.88 Å². The standard InChI is InChI=1S/C15H11ClN2OS/c1-10-13(9-12-7-8-14(16)20-12)15(19)18(17-10)11-5-3-2-4-6-11/h2-9H,1H3/b13-9+. The lowest BCUT2D eigenvalue weighted by atomic mass is 10.1. The van der Waals surface area contributed by atoms with Gasteiger partial charge in [-0.3, -0.25) is 4.79 Å². The molecule has 0 N–H and O–H groups in total. The summed E-state index contributed by atoms with van der Waals surface area (Å²) in [6.07, 6.45) is 1.83. The number of carbonyl (C=O) groups is 1. The molecule has 5 heteroatoms. The maximum absolute atomic E-state index is 12.4. The molecule has 1 amide bonds. The number of hydrazone groups is 1. The van der Waals surface area contributed by atoms with Gasteiger partial charge in [0.2, 0.25) is 0 Å². The van der Waals surface area contributed by atoms with Gasteiger partial charge in [0.25, 0.3) is 5.91 Å². The first-order valence-electron chi connectivity index (χ1n) is 6.07. The third-order valence-corrected chi connectivity index (χ3v) is 4.12. The van der Waals surface area contributed by atoms with Crippen LogP contribution in [-0.4, -0.2) is 11.6 Å². The van der Waals surface area contributed by atoms with Crippen molar-refractivity contribution < 1.29 is 4.79 Å². The molecule has 1 aromatic carbocycles. The van der Waals surface area contributed by atoms with Crippen molar-refractivity contribution in [1.29, 1.82) is 0 Å². The minimum atomic E-state index is -0.113. The SMILES string of the molecule is CC1=NN(c2ccccc2)C(=O)/C1=C/c1ccc(Cl)s1. The largest absolute Gasteiger partial charge is 0.280 e. The summed E-state index contributed by atoms with van der Waals surface area (Å²) in [5.41, 5.74) is 2.08. The number of anilines is 1. The zero-order valence-electron chi connectivity index (χ0n) is 10.7. The smallest absolute Gasteiger partial charge is 0.267 e. The minimum Gasteiger partial charge on any atom is -0.267 e. The Morgan fingerprint density at radius 3 is 2.60 bits per heavy atom. The fraction of sp³-hybridized carbons (Fsp3) is 0.0667. The van der Waals surface area contributed by atoms with Crippen LogP contribution in [0, 0.1) is 0 Å². The number of benzene rings is 1. The minimum absolute atomic E-state index is 0.113. The van der Waals surface area contributed by atoms with E-state index < -0.39 is 0 Å². The van der Waals surface area contributed by atoms with Crippen LogP contribution in [0.1, 0.15) is 11.8 Å². The van der Waals surface area contributed by atoms with Crippen molar-refractivity contribution in [3.05, 3.63) is 57.3 Å². The van der Waals surface area contributed by atoms with E-state index in [2.05, 4.69) is 5.10 Å². The molecule has 1 aliphatic heterocycles. The molecule has 0 aliphatic carbocycles. The molecule has 0 saturated heterocycles. The second-order valence-corrected chi connectivity index (χ2v) is 6.08. The molecule has 1 aliphatic rings. The molecule has 3 rings (SSSR count). The zero-order valence-corrected chi connectivity index (χ0v) is 12.3. The molecule has 2 aromatic rings. The van der Waals surface area contributed by atoms with Gasteiger partial charge in [0.1, 0.15) is 0 Å². The second kappa shape index (κ2) is 5.23. The van der Waals surface area contributed by atoms with Gasteiger partial charge in [-0.2, -0.15) is 10.1 Å². The normalized spacial score (nSPS) is 16.9. The summed E-state index contributed by atoms with van der Waals surface area (Å²) >= 11 is 7.35. The quantitative estimate of drug-likeness (QED) is 0.765. The highest BCUT2D eigenvalue weighted by atomic mass is 35.5. The van der Waals surface area contributed by atoms with Crippen LogP contribution in [0.4, 0.5) is 5.69 Å². The number of halogens is 1. The van der Waals surface area contributed by atoms with E-state index >= 15 is 0 Å². The molecule has 1 aromatic heterocycles. The van der Waals surface area contributed by atoms with Gasteiger partial charge in [-0.15, -0.1) is 11.3 Å². The molecule has 0 atom stereocenters. The Kier molecular flexibility index (Phi) is 3.42. The number of hydrogen-bond acceptors (Lipinski definition) is 3. The maximum atomic E-state index is 12.4. The molecule has 0 bridgehead atoms. The van der Waals surface area contributed by atoms with E-state index in [1.807, 2.05) is 55.5 Å². The highest BCUT2D eigenvalue weighted by Gasteiger charge is 2.28. The van der Waals surface area contributed by atoms with E-state index in [1.54, 1.807) is 0 Å². The highest BCUT2D eigenvalue weighted by molar-refractivity contribution is 7.17. The first-order valence-corrected chi connectivity index (χ1v) is 7.27. The summed E-state index contributed by atoms with van der Waals surface area (Å²) in [6, 6.07) is 13.1. The van der Waals surface area contributed by atoms with E-state index in [0.29, 0.717) is 15.6 Å². The summed E-state index contributed by atoms with van der Waals surface area (Å²) in [4.78, 5) is 13.4. The Morgan fingerprint density at radius 2 is 1.95 bits per heavy atom. The van der Waals surface area contributed by atoms with E-state index in [0.717, 1.165) is 10.6 Å². The number of amides is 1. The van der Waals surface area contributed by atoms with Crippen LogP contribution in [0.25, 0.3) is 6.08 Å². The first-order chi connectivity index (χ1) is 9.65. The molecule has 2 heterocycles. The number of carbonyl (C=O) groups excluding carboxylic acids is 1. The van der Waals surface area contributed by atoms with Crippen molar-refractivity contribution in [1.82, 2.24) is 0 Å². The predicted molar refractivity (Wildman–Crippen MR) is 84.3 cm³/mol. The van der Waals surface area contributed by atoms with Crippen molar-refractivity contribution in [2.24, 2.45) is 5.10 Å². The summed E-state index contributed by atoms with van der Waals surface area (Å²) in [6.45, 7) is 1.84. The summed E-state index contributed by atoms with van der Waals surface area (Å²) < 4.78 is 0.705. The lowest BCUT2D eigenvalue weighted by Gasteiger charge is -2.10. The topological polar surface area (TPSA) is 32.7 Å². The van der Waals surface area contributed by atoms with Crippen molar-refractivity contribution in [2.75, 3.05) is 5.01 Å². The van der Waals surface area contributed by atoms with Crippen LogP contribution < -0.4 is 5.01 Å². The first kappa shape index (κ1) is 13.1. The lowest BCUT2D eigenvalue weighted by molar-refractivity contribution is -0.114. The van der Waals surface area contributed by atoms with Crippen LogP contribution in [0.3, 0.4) is 0 Å². The Labute approximate surface area is 125 Å². The van der Waals surface area contributed by atoms with Crippen LogP contribution in [0.15, 0.2) is 53.1 Å². The molecule has 0 radical (unpaired) electrons. The molecule has 100 valence electrons. The van der Waals surface area contributed by atoms with Crippen molar-refractivity contribution in [2.45, 2.75) is 6.92 Å². The number of para-hydroxylation sites is 1. The molecular weight excluding hydrogens is 292 g/mol. The second-order valence-electron chi connectivity index (χ2n) is 4.34. The van der Waals surface area contributed by atoms with E-state index in [1.165, 1.54) is 16.3 Å². The van der Waals surface area contributed by atoms with Crippen LogP contribution >= 0.6 is 22.9 Å². The molecule has 3 nitrogen and oxygen atoms in total. The monoisotopic (exact) mass is 302 g/mol. The molecule has 0 saturated carbocycles. The fourth-order valence-corrected chi connectivity index (χ4v) is 2.98. The molecule has 20 heavy (non-hydrogen) atoms. The van der Waals surface area contributed by atoms with E-state index in [-0.39, 0.29) is 5.91 Å². The number of hydrogen-bond donors (Lipinski definition) is 0. The van der Waals surface area contributed by atoms with E-state index in [9.17, 15) is 4.79 Å². The zero-order chi connectivity index (χ0) is 14.1. The third kappa shape index (κ3) is 2.40. The Balaban J connectivity index is 1.95. The van der Waals surface area contributed by atoms with Gasteiger partial charge in [-0.25, -0.2) is 0 Å². The molecule has 0 spiro atoms. The van der Waals surface area contributed by atoms with Gasteiger partial charge in [0.05, 0.1) is 21.3 Å². The number of thiophene rings is 1. The van der Waals surface area contributed by atoms with Crippen LogP contribution in [0.5, 0.6) is 0 Å². The van der Waals surface area contributed by atoms with Gasteiger partial charge < -0.3 is 0 Å². The predicted octanol–water partition coefficient (Wildman–Crippen LogP) is 4.21. The number of rotatable bonds is 2. The highest BCUT2D eigenvalue weighted by Crippen LogP contribution is 2.28. The number of nitrogens with zero attached hydrogens (tertiary/aromatic N) is 2. The van der Waals surface area contributed by atoms with Crippen LogP contribution in [0.2, 0.25) is 4.34 Å². The molecule has 0 fully saturated rings. The summed E-state index contributed by atoms with van der Waals surface area (Å²) in [5, 5.41) is 5.75. The Bertz CT molecular complexity index is 718. The van der Waals surface area contributed by atoms with Gasteiger partial charge >= 0.3 is 0 Å². The van der Waals surface area contributed by atoms with Crippen LogP contribution in [-0.2, 0) is 4.79 Å². The van der Waals surface area contributed by atoms with Gasteiger partial charge in [-0.1, -0.05) is 29.8 Å². The maximum Gasteiger partial charge on any atom is 0.280 e. The third-order valence-electron chi connectivity index (χ3n) is 2.94. The average Bonchev–Trinajstić information content (AvgIpc) is 2.98. The fourth-order valence-electron chi connectivity index (χ4n) is 1.98. The average molecular weight is 303 g/mol. The molecular formula is C15H11ClN2OS. The Hall–Kier alpha value is -1.91. The Morgan fingerprint density at radius 1 is 1.20 bits per heavy atom. The lowest BCUT2D eigenvalue weighted by Crippen LogP contribution is -2.21. The summed E-state index contributed by atoms with van der Waals surface area (Å²) in [5.74, 6) is -0.113. The van der Waals surface area contributed by atoms with Crippen molar-refractivity contribution in [3.8, 4) is 0 Å². The van der Waals surface area contributed by atoms with Crippen molar-refractivity contribution in [3.63, 3.8) is 0 Å². The van der Waals surface area contributed by atoms with E-state index in [4.69, 9.17) is 11.6 Å². The molecule has 0 unspecified atom stereocenters. The van der Waals surface area contributed by atoms with Crippen molar-refractivity contribution >= 4 is 46.3 Å². The summed E-state index contributed by atoms with van der Waals surface area (Å²) in [7, 11) is 0.